The van der Waals surface area contributed by atoms with Gasteiger partial charge in [0, 0.05) is 6.20 Å². The summed E-state index contributed by atoms with van der Waals surface area (Å²) in [7, 11) is 0. The highest BCUT2D eigenvalue weighted by atomic mass is 16.1. The van der Waals surface area contributed by atoms with Gasteiger partial charge < -0.3 is 4.57 Å². The van der Waals surface area contributed by atoms with Crippen LogP contribution >= 0.6 is 0 Å². The first-order valence-corrected chi connectivity index (χ1v) is 6.10. The van der Waals surface area contributed by atoms with Crippen molar-refractivity contribution in [2.45, 2.75) is 20.3 Å². The number of hydrogen-bond acceptors (Lipinski definition) is 1. The molecule has 0 bridgehead atoms. The van der Waals surface area contributed by atoms with Crippen LogP contribution < -0.4 is 0 Å². The quantitative estimate of drug-likeness (QED) is 0.741. The van der Waals surface area contributed by atoms with Gasteiger partial charge in [-0.15, -0.1) is 0 Å². The lowest BCUT2D eigenvalue weighted by atomic mass is 10.1. The average molecular weight is 239 g/mol. The van der Waals surface area contributed by atoms with E-state index in [2.05, 4.69) is 37.8 Å². The van der Waals surface area contributed by atoms with E-state index in [1.807, 2.05) is 17.6 Å². The van der Waals surface area contributed by atoms with E-state index in [4.69, 9.17) is 0 Å². The Morgan fingerprint density at radius 1 is 1.28 bits per heavy atom. The second kappa shape index (κ2) is 5.05. The van der Waals surface area contributed by atoms with Crippen LogP contribution in [-0.2, 0) is 6.42 Å². The van der Waals surface area contributed by atoms with E-state index in [-0.39, 0.29) is 0 Å². The first kappa shape index (κ1) is 12.4. The highest BCUT2D eigenvalue weighted by molar-refractivity contribution is 5.80. The van der Waals surface area contributed by atoms with Crippen LogP contribution in [0.15, 0.2) is 36.9 Å². The molecule has 2 rings (SSSR count). The maximum atomic E-state index is 11.0. The van der Waals surface area contributed by atoms with Crippen LogP contribution in [0.3, 0.4) is 0 Å². The molecule has 0 atom stereocenters. The zero-order valence-electron chi connectivity index (χ0n) is 10.8. The molecule has 0 radical (unpaired) electrons. The number of hydrogen-bond donors (Lipinski definition) is 0. The Kier molecular flexibility index (Phi) is 3.47. The molecule has 0 N–H and O–H groups in total. The summed E-state index contributed by atoms with van der Waals surface area (Å²) < 4.78 is 1.84. The molecular weight excluding hydrogens is 222 g/mol. The van der Waals surface area contributed by atoms with Crippen molar-refractivity contribution in [2.24, 2.45) is 0 Å². The highest BCUT2D eigenvalue weighted by Crippen LogP contribution is 2.27. The average Bonchev–Trinajstić information content (AvgIpc) is 2.74. The van der Waals surface area contributed by atoms with Gasteiger partial charge in [-0.2, -0.15) is 0 Å². The first-order chi connectivity index (χ1) is 8.71. The monoisotopic (exact) mass is 239 g/mol. The molecular formula is C16H17NO. The molecule has 92 valence electrons. The van der Waals surface area contributed by atoms with Crippen molar-refractivity contribution >= 4 is 12.5 Å². The summed E-state index contributed by atoms with van der Waals surface area (Å²) in [6.07, 6.45) is 3.57. The van der Waals surface area contributed by atoms with Crippen LogP contribution in [-0.4, -0.2) is 10.9 Å². The van der Waals surface area contributed by atoms with Gasteiger partial charge in [-0.3, -0.25) is 4.79 Å². The predicted octanol–water partition coefficient (Wildman–Crippen LogP) is 3.94. The summed E-state index contributed by atoms with van der Waals surface area (Å²) in [5.74, 6) is 0. The van der Waals surface area contributed by atoms with E-state index in [1.165, 1.54) is 5.56 Å². The van der Waals surface area contributed by atoms with Gasteiger partial charge in [-0.05, 0) is 36.1 Å². The van der Waals surface area contributed by atoms with Crippen molar-refractivity contribution in [3.05, 3.63) is 53.7 Å². The number of aldehydes is 1. The Bertz CT molecular complexity index is 576. The lowest BCUT2D eigenvalue weighted by Gasteiger charge is -2.08. The van der Waals surface area contributed by atoms with E-state index < -0.39 is 0 Å². The Hall–Kier alpha value is -2.09. The topological polar surface area (TPSA) is 22.0 Å². The smallest absolute Gasteiger partial charge is 0.166 e. The number of benzene rings is 1. The summed E-state index contributed by atoms with van der Waals surface area (Å²) in [6, 6.07) is 10.3. The van der Waals surface area contributed by atoms with Gasteiger partial charge in [-0.25, -0.2) is 0 Å². The summed E-state index contributed by atoms with van der Waals surface area (Å²) in [6.45, 7) is 7.92. The second-order valence-corrected chi connectivity index (χ2v) is 4.32. The van der Waals surface area contributed by atoms with Crippen LogP contribution in [0.25, 0.3) is 17.5 Å². The van der Waals surface area contributed by atoms with Gasteiger partial charge in [0.1, 0.15) is 0 Å². The molecule has 0 spiro atoms. The van der Waals surface area contributed by atoms with Gasteiger partial charge >= 0.3 is 0 Å². The van der Waals surface area contributed by atoms with Crippen LogP contribution in [0.4, 0.5) is 0 Å². The van der Waals surface area contributed by atoms with E-state index in [1.54, 1.807) is 6.20 Å². The molecule has 1 aromatic heterocycles. The Labute approximate surface area is 108 Å². The largest absolute Gasteiger partial charge is 0.314 e. The predicted molar refractivity (Wildman–Crippen MR) is 75.8 cm³/mol. The molecule has 0 aliphatic heterocycles. The Morgan fingerprint density at radius 3 is 2.44 bits per heavy atom. The Balaban J connectivity index is 2.58. The van der Waals surface area contributed by atoms with Crippen molar-refractivity contribution in [3.63, 3.8) is 0 Å². The van der Waals surface area contributed by atoms with Gasteiger partial charge in [0.2, 0.25) is 0 Å². The fourth-order valence-electron chi connectivity index (χ4n) is 2.23. The maximum Gasteiger partial charge on any atom is 0.166 e. The fourth-order valence-corrected chi connectivity index (χ4v) is 2.23. The molecule has 2 aromatic rings. The normalized spacial score (nSPS) is 10.3. The second-order valence-electron chi connectivity index (χ2n) is 4.32. The standard InChI is InChI=1S/C16H17NO/c1-4-13-6-8-14(9-7-13)16-12(3)10-15(11-18)17(16)5-2/h5-11H,2,4H2,1,3H3. The zero-order chi connectivity index (χ0) is 13.1. The van der Waals surface area contributed by atoms with E-state index in [0.29, 0.717) is 5.69 Å². The summed E-state index contributed by atoms with van der Waals surface area (Å²) in [4.78, 5) is 11.0. The summed E-state index contributed by atoms with van der Waals surface area (Å²) in [5, 5.41) is 0. The van der Waals surface area contributed by atoms with Crippen LogP contribution in [0.1, 0.15) is 28.5 Å². The number of aromatic nitrogens is 1. The SMILES string of the molecule is C=Cn1c(C=O)cc(C)c1-c1ccc(CC)cc1. The first-order valence-electron chi connectivity index (χ1n) is 6.10. The van der Waals surface area contributed by atoms with Crippen LogP contribution in [0.5, 0.6) is 0 Å². The van der Waals surface area contributed by atoms with Crippen LogP contribution in [0, 0.1) is 6.92 Å². The molecule has 0 saturated carbocycles. The number of carbonyl (C=O) groups excluding carboxylic acids is 1. The molecule has 0 unspecified atom stereocenters. The minimum atomic E-state index is 0.636. The van der Waals surface area contributed by atoms with Crippen molar-refractivity contribution in [1.82, 2.24) is 4.57 Å². The van der Waals surface area contributed by atoms with Gasteiger partial charge in [0.05, 0.1) is 11.4 Å². The molecule has 1 heterocycles. The minimum absolute atomic E-state index is 0.636. The maximum absolute atomic E-state index is 11.0. The van der Waals surface area contributed by atoms with Crippen molar-refractivity contribution in [2.75, 3.05) is 0 Å². The highest BCUT2D eigenvalue weighted by Gasteiger charge is 2.11. The lowest BCUT2D eigenvalue weighted by Crippen LogP contribution is -1.95. The van der Waals surface area contributed by atoms with Crippen molar-refractivity contribution in [1.29, 1.82) is 0 Å². The molecule has 0 aliphatic rings. The zero-order valence-corrected chi connectivity index (χ0v) is 10.8. The van der Waals surface area contributed by atoms with E-state index in [9.17, 15) is 4.79 Å². The number of carbonyl (C=O) groups is 1. The fraction of sp³-hybridized carbons (Fsp3) is 0.188. The van der Waals surface area contributed by atoms with E-state index >= 15 is 0 Å². The molecule has 2 heteroatoms. The molecule has 0 fully saturated rings. The third kappa shape index (κ3) is 2.02. The third-order valence-corrected chi connectivity index (χ3v) is 3.20. The van der Waals surface area contributed by atoms with Crippen molar-refractivity contribution < 1.29 is 4.79 Å². The molecule has 0 aliphatic carbocycles. The van der Waals surface area contributed by atoms with Gasteiger partial charge in [0.25, 0.3) is 0 Å². The minimum Gasteiger partial charge on any atom is -0.314 e. The van der Waals surface area contributed by atoms with Gasteiger partial charge in [-0.1, -0.05) is 37.8 Å². The summed E-state index contributed by atoms with van der Waals surface area (Å²) in [5.41, 5.74) is 5.18. The van der Waals surface area contributed by atoms with E-state index in [0.717, 1.165) is 29.5 Å². The Morgan fingerprint density at radius 2 is 1.94 bits per heavy atom. The molecule has 18 heavy (non-hydrogen) atoms. The third-order valence-electron chi connectivity index (χ3n) is 3.20. The lowest BCUT2D eigenvalue weighted by molar-refractivity contribution is 0.111. The molecule has 2 nitrogen and oxygen atoms in total. The van der Waals surface area contributed by atoms with Gasteiger partial charge in [0.15, 0.2) is 6.29 Å². The molecule has 0 saturated heterocycles. The van der Waals surface area contributed by atoms with Crippen LogP contribution in [0.2, 0.25) is 0 Å². The number of aryl methyl sites for hydroxylation is 2. The molecule has 1 aromatic carbocycles. The number of nitrogens with zero attached hydrogens (tertiary/aromatic N) is 1. The summed E-state index contributed by atoms with van der Waals surface area (Å²) >= 11 is 0. The van der Waals surface area contributed by atoms with Crippen molar-refractivity contribution in [3.8, 4) is 11.3 Å². The molecule has 0 amide bonds. The number of rotatable bonds is 4.